The van der Waals surface area contributed by atoms with Crippen molar-refractivity contribution >= 4 is 17.4 Å². The molecule has 0 radical (unpaired) electrons. The van der Waals surface area contributed by atoms with E-state index in [-0.39, 0.29) is 39.0 Å². The van der Waals surface area contributed by atoms with E-state index in [2.05, 4.69) is 64.8 Å². The van der Waals surface area contributed by atoms with E-state index in [1.807, 2.05) is 12.1 Å². The van der Waals surface area contributed by atoms with Crippen LogP contribution in [-0.4, -0.2) is 36.1 Å². The number of aromatic carboxylic acids is 1. The van der Waals surface area contributed by atoms with Gasteiger partial charge in [-0.1, -0.05) is 65.0 Å². The molecule has 1 unspecified atom stereocenters. The minimum Gasteiger partial charge on any atom is -0.478 e. The Bertz CT molecular complexity index is 1470. The van der Waals surface area contributed by atoms with Gasteiger partial charge >= 0.3 is 5.97 Å². The first-order valence-electron chi connectivity index (χ1n) is 18.9. The third-order valence-corrected chi connectivity index (χ3v) is 16.3. The molecule has 1 aromatic rings. The Morgan fingerprint density at radius 2 is 1.66 bits per heavy atom. The summed E-state index contributed by atoms with van der Waals surface area (Å²) >= 11 is 0. The molecule has 7 rings (SSSR count). The topological polar surface area (TPSA) is 78.4 Å². The predicted molar refractivity (Wildman–Crippen MR) is 190 cm³/mol. The van der Waals surface area contributed by atoms with Gasteiger partial charge in [-0.15, -0.1) is 0 Å². The standard InChI is InChI=1S/C42H60N2O3/c1-26(2)29-16-21-42(25-44-36(45)32-9-8-24-43-32)23-22-40(6)31(35(29)42)14-15-34-39(5)19-17-30(27-10-12-28(13-11-27)37(46)47)38(3,4)33(39)18-20-41(34,40)7/h10-13,17,29,31-35,43H,1,8-9,14-16,18-25H2,2-7H3,(H,44,45)(H,46,47)/t29-,31+,32?,33-,34+,35+,39-,40+,41+,42+/m0/s1. The molecule has 5 heteroatoms. The van der Waals surface area contributed by atoms with Gasteiger partial charge in [-0.25, -0.2) is 4.79 Å². The molecule has 0 aromatic heterocycles. The van der Waals surface area contributed by atoms with Gasteiger partial charge in [0.1, 0.15) is 0 Å². The zero-order chi connectivity index (χ0) is 33.6. The first kappa shape index (κ1) is 33.1. The van der Waals surface area contributed by atoms with Crippen LogP contribution in [0.15, 0.2) is 42.5 Å². The number of allylic oxidation sites excluding steroid dienone is 3. The van der Waals surface area contributed by atoms with Crippen LogP contribution >= 0.6 is 0 Å². The highest BCUT2D eigenvalue weighted by molar-refractivity contribution is 5.88. The van der Waals surface area contributed by atoms with Gasteiger partial charge in [-0.05, 0) is 164 Å². The van der Waals surface area contributed by atoms with Crippen molar-refractivity contribution in [2.75, 3.05) is 13.1 Å². The van der Waals surface area contributed by atoms with Gasteiger partial charge in [0.25, 0.3) is 0 Å². The minimum absolute atomic E-state index is 0.0132. The fraction of sp³-hybridized carbons (Fsp3) is 0.714. The summed E-state index contributed by atoms with van der Waals surface area (Å²) in [4.78, 5) is 24.8. The molecule has 1 amide bonds. The van der Waals surface area contributed by atoms with E-state index in [0.717, 1.165) is 32.4 Å². The summed E-state index contributed by atoms with van der Waals surface area (Å²) in [6.07, 6.45) is 15.7. The normalized spacial score (nSPS) is 43.5. The number of carbonyl (C=O) groups is 2. The molecular weight excluding hydrogens is 580 g/mol. The molecule has 256 valence electrons. The Kier molecular flexibility index (Phi) is 7.98. The Morgan fingerprint density at radius 1 is 0.915 bits per heavy atom. The maximum Gasteiger partial charge on any atom is 0.335 e. The molecule has 5 aliphatic carbocycles. The molecular formula is C42H60N2O3. The molecule has 0 spiro atoms. The van der Waals surface area contributed by atoms with E-state index >= 15 is 0 Å². The van der Waals surface area contributed by atoms with Crippen molar-refractivity contribution in [3.63, 3.8) is 0 Å². The maximum absolute atomic E-state index is 13.2. The lowest BCUT2D eigenvalue weighted by Gasteiger charge is -2.72. The maximum atomic E-state index is 13.2. The van der Waals surface area contributed by atoms with Gasteiger partial charge in [0, 0.05) is 6.54 Å². The molecule has 6 aliphatic rings. The molecule has 1 heterocycles. The van der Waals surface area contributed by atoms with Crippen LogP contribution in [0.2, 0.25) is 0 Å². The first-order chi connectivity index (χ1) is 22.2. The Balaban J connectivity index is 1.18. The highest BCUT2D eigenvalue weighted by Gasteiger charge is 2.70. The van der Waals surface area contributed by atoms with E-state index in [0.29, 0.717) is 35.2 Å². The quantitative estimate of drug-likeness (QED) is 0.271. The average molecular weight is 641 g/mol. The molecule has 5 fully saturated rings. The van der Waals surface area contributed by atoms with Gasteiger partial charge in [0.05, 0.1) is 11.6 Å². The van der Waals surface area contributed by atoms with Crippen LogP contribution < -0.4 is 10.6 Å². The number of hydrogen-bond acceptors (Lipinski definition) is 3. The second-order valence-corrected chi connectivity index (χ2v) is 18.3. The number of carboxylic acid groups (broad SMARTS) is 1. The molecule has 4 saturated carbocycles. The van der Waals surface area contributed by atoms with Crippen molar-refractivity contribution in [3.05, 3.63) is 53.6 Å². The second-order valence-electron chi connectivity index (χ2n) is 18.3. The number of carbonyl (C=O) groups excluding carboxylic acids is 1. The predicted octanol–water partition coefficient (Wildman–Crippen LogP) is 8.90. The van der Waals surface area contributed by atoms with Gasteiger partial charge < -0.3 is 15.7 Å². The molecule has 1 saturated heterocycles. The lowest BCUT2D eigenvalue weighted by Crippen LogP contribution is -2.66. The number of carboxylic acids is 1. The van der Waals surface area contributed by atoms with Crippen LogP contribution in [0, 0.1) is 56.7 Å². The third-order valence-electron chi connectivity index (χ3n) is 16.3. The largest absolute Gasteiger partial charge is 0.478 e. The first-order valence-corrected chi connectivity index (χ1v) is 18.9. The molecule has 10 atom stereocenters. The van der Waals surface area contributed by atoms with Crippen molar-refractivity contribution in [1.29, 1.82) is 0 Å². The van der Waals surface area contributed by atoms with Gasteiger partial charge in [-0.3, -0.25) is 4.79 Å². The Labute approximate surface area is 283 Å². The highest BCUT2D eigenvalue weighted by Crippen LogP contribution is 2.77. The number of fused-ring (bicyclic) bond motifs is 7. The fourth-order valence-corrected chi connectivity index (χ4v) is 13.8. The van der Waals surface area contributed by atoms with Crippen LogP contribution in [0.3, 0.4) is 0 Å². The zero-order valence-corrected chi connectivity index (χ0v) is 30.0. The smallest absolute Gasteiger partial charge is 0.335 e. The second kappa shape index (κ2) is 11.3. The number of amides is 1. The van der Waals surface area contributed by atoms with E-state index < -0.39 is 5.97 Å². The van der Waals surface area contributed by atoms with Crippen LogP contribution in [-0.2, 0) is 4.79 Å². The third kappa shape index (κ3) is 4.78. The molecule has 3 N–H and O–H groups in total. The molecule has 1 aromatic carbocycles. The summed E-state index contributed by atoms with van der Waals surface area (Å²) in [6.45, 7) is 21.6. The molecule has 1 aliphatic heterocycles. The van der Waals surface area contributed by atoms with Crippen LogP contribution in [0.1, 0.15) is 128 Å². The fourth-order valence-electron chi connectivity index (χ4n) is 13.8. The Morgan fingerprint density at radius 3 is 2.32 bits per heavy atom. The monoisotopic (exact) mass is 640 g/mol. The summed E-state index contributed by atoms with van der Waals surface area (Å²) < 4.78 is 0. The van der Waals surface area contributed by atoms with Crippen LogP contribution in [0.25, 0.3) is 5.57 Å². The highest BCUT2D eigenvalue weighted by atomic mass is 16.4. The van der Waals surface area contributed by atoms with Gasteiger partial charge in [-0.2, -0.15) is 0 Å². The summed E-state index contributed by atoms with van der Waals surface area (Å²) in [7, 11) is 0. The van der Waals surface area contributed by atoms with E-state index in [9.17, 15) is 14.7 Å². The van der Waals surface area contributed by atoms with Crippen molar-refractivity contribution in [3.8, 4) is 0 Å². The van der Waals surface area contributed by atoms with E-state index in [1.165, 1.54) is 68.1 Å². The molecule has 47 heavy (non-hydrogen) atoms. The average Bonchev–Trinajstić information content (AvgIpc) is 3.70. The lowest BCUT2D eigenvalue weighted by atomic mass is 9.32. The number of rotatable bonds is 6. The summed E-state index contributed by atoms with van der Waals surface area (Å²) in [5.41, 5.74) is 5.27. The number of hydrogen-bond donors (Lipinski definition) is 3. The molecule has 0 bridgehead atoms. The number of nitrogens with one attached hydrogen (secondary N) is 2. The van der Waals surface area contributed by atoms with Gasteiger partial charge in [0.2, 0.25) is 5.91 Å². The number of benzene rings is 1. The summed E-state index contributed by atoms with van der Waals surface area (Å²) in [5.74, 6) is 2.43. The SMILES string of the molecule is C=C(C)[C@@H]1CC[C@]2(CNC(=O)C3CCCN3)CC[C@]3(C)[C@H](CC[C@@H]4[C@@]5(C)CC=C(c6ccc(C(=O)O)cc6)C(C)(C)[C@@H]5CC[C@]43C)[C@@H]12. The van der Waals surface area contributed by atoms with Crippen LogP contribution in [0.4, 0.5) is 0 Å². The molecule has 5 nitrogen and oxygen atoms in total. The van der Waals surface area contributed by atoms with E-state index in [4.69, 9.17) is 0 Å². The van der Waals surface area contributed by atoms with Crippen molar-refractivity contribution in [1.82, 2.24) is 10.6 Å². The summed E-state index contributed by atoms with van der Waals surface area (Å²) in [6, 6.07) is 7.58. The van der Waals surface area contributed by atoms with Crippen LogP contribution in [0.5, 0.6) is 0 Å². The summed E-state index contributed by atoms with van der Waals surface area (Å²) in [5, 5.41) is 16.4. The van der Waals surface area contributed by atoms with Crippen molar-refractivity contribution in [2.45, 2.75) is 118 Å². The van der Waals surface area contributed by atoms with E-state index in [1.54, 1.807) is 12.1 Å². The Hall–Kier alpha value is -2.40. The van der Waals surface area contributed by atoms with Gasteiger partial charge in [0.15, 0.2) is 0 Å². The minimum atomic E-state index is -0.866. The van der Waals surface area contributed by atoms with Crippen molar-refractivity contribution < 1.29 is 14.7 Å². The van der Waals surface area contributed by atoms with Crippen molar-refractivity contribution in [2.24, 2.45) is 56.7 Å². The zero-order valence-electron chi connectivity index (χ0n) is 30.0. The lowest BCUT2D eigenvalue weighted by molar-refractivity contribution is -0.225.